The highest BCUT2D eigenvalue weighted by Crippen LogP contribution is 2.26. The van der Waals surface area contributed by atoms with Crippen molar-refractivity contribution >= 4 is 5.91 Å². The van der Waals surface area contributed by atoms with Crippen LogP contribution in [-0.2, 0) is 24.2 Å². The van der Waals surface area contributed by atoms with Crippen LogP contribution < -0.4 is 5.32 Å². The van der Waals surface area contributed by atoms with E-state index in [-0.39, 0.29) is 11.8 Å². The van der Waals surface area contributed by atoms with Gasteiger partial charge in [0.25, 0.3) is 0 Å². The Morgan fingerprint density at radius 1 is 1.22 bits per heavy atom. The van der Waals surface area contributed by atoms with Crippen molar-refractivity contribution in [1.82, 2.24) is 10.3 Å². The van der Waals surface area contributed by atoms with Crippen LogP contribution in [0.2, 0.25) is 0 Å². The molecular formula is C15H16N2O. The summed E-state index contributed by atoms with van der Waals surface area (Å²) in [6.07, 6.45) is 5.51. The highest BCUT2D eigenvalue weighted by molar-refractivity contribution is 5.80. The molecule has 3 heteroatoms. The Labute approximate surface area is 106 Å². The van der Waals surface area contributed by atoms with Crippen LogP contribution in [0.4, 0.5) is 0 Å². The standard InChI is InChI=1S/C15H16N2O/c18-15(17-10-11-5-6-16-9-11)14-7-12-3-1-2-4-13(12)8-14/h1-6,9,14,16H,7-8,10H2,(H,17,18). The van der Waals surface area contributed by atoms with Crippen LogP contribution in [0.25, 0.3) is 0 Å². The van der Waals surface area contributed by atoms with E-state index in [9.17, 15) is 4.79 Å². The van der Waals surface area contributed by atoms with Crippen LogP contribution in [-0.4, -0.2) is 10.9 Å². The lowest BCUT2D eigenvalue weighted by molar-refractivity contribution is -0.124. The topological polar surface area (TPSA) is 44.9 Å². The van der Waals surface area contributed by atoms with E-state index in [0.717, 1.165) is 18.4 Å². The molecule has 0 radical (unpaired) electrons. The lowest BCUT2D eigenvalue weighted by Crippen LogP contribution is -2.30. The summed E-state index contributed by atoms with van der Waals surface area (Å²) in [5, 5.41) is 3.00. The number of carbonyl (C=O) groups is 1. The average molecular weight is 240 g/mol. The number of nitrogens with one attached hydrogen (secondary N) is 2. The minimum Gasteiger partial charge on any atom is -0.367 e. The van der Waals surface area contributed by atoms with Crippen LogP contribution in [0.1, 0.15) is 16.7 Å². The van der Waals surface area contributed by atoms with E-state index in [1.165, 1.54) is 11.1 Å². The van der Waals surface area contributed by atoms with Gasteiger partial charge in [-0.1, -0.05) is 24.3 Å². The lowest BCUT2D eigenvalue weighted by atomic mass is 10.1. The van der Waals surface area contributed by atoms with Gasteiger partial charge in [0, 0.05) is 24.9 Å². The zero-order valence-electron chi connectivity index (χ0n) is 10.1. The van der Waals surface area contributed by atoms with Crippen LogP contribution in [0.5, 0.6) is 0 Å². The highest BCUT2D eigenvalue weighted by Gasteiger charge is 2.26. The van der Waals surface area contributed by atoms with Gasteiger partial charge >= 0.3 is 0 Å². The van der Waals surface area contributed by atoms with Crippen molar-refractivity contribution in [2.75, 3.05) is 0 Å². The molecule has 2 aromatic rings. The first-order valence-corrected chi connectivity index (χ1v) is 6.29. The first-order valence-electron chi connectivity index (χ1n) is 6.29. The lowest BCUT2D eigenvalue weighted by Gasteiger charge is -2.09. The summed E-state index contributed by atoms with van der Waals surface area (Å²) < 4.78 is 0. The number of rotatable bonds is 3. The van der Waals surface area contributed by atoms with Crippen LogP contribution >= 0.6 is 0 Å². The smallest absolute Gasteiger partial charge is 0.224 e. The zero-order valence-corrected chi connectivity index (χ0v) is 10.1. The summed E-state index contributed by atoms with van der Waals surface area (Å²) in [6, 6.07) is 10.3. The number of benzene rings is 1. The molecule has 1 aromatic carbocycles. The van der Waals surface area contributed by atoms with Gasteiger partial charge in [-0.25, -0.2) is 0 Å². The van der Waals surface area contributed by atoms with E-state index in [4.69, 9.17) is 0 Å². The highest BCUT2D eigenvalue weighted by atomic mass is 16.1. The summed E-state index contributed by atoms with van der Waals surface area (Å²) >= 11 is 0. The largest absolute Gasteiger partial charge is 0.367 e. The fourth-order valence-electron chi connectivity index (χ4n) is 2.55. The maximum absolute atomic E-state index is 12.1. The van der Waals surface area contributed by atoms with Crippen LogP contribution in [0.3, 0.4) is 0 Å². The van der Waals surface area contributed by atoms with Gasteiger partial charge in [-0.15, -0.1) is 0 Å². The number of carbonyl (C=O) groups excluding carboxylic acids is 1. The molecule has 0 atom stereocenters. The van der Waals surface area contributed by atoms with Crippen molar-refractivity contribution < 1.29 is 4.79 Å². The molecule has 0 saturated heterocycles. The van der Waals surface area contributed by atoms with Gasteiger partial charge in [0.15, 0.2) is 0 Å². The quantitative estimate of drug-likeness (QED) is 0.847. The molecule has 1 aromatic heterocycles. The average Bonchev–Trinajstić information content (AvgIpc) is 3.04. The number of amides is 1. The van der Waals surface area contributed by atoms with E-state index in [1.807, 2.05) is 30.6 Å². The van der Waals surface area contributed by atoms with E-state index in [0.29, 0.717) is 6.54 Å². The molecule has 1 heterocycles. The predicted octanol–water partition coefficient (Wildman–Crippen LogP) is 2.05. The number of H-pyrrole nitrogens is 1. The van der Waals surface area contributed by atoms with Crippen LogP contribution in [0, 0.1) is 5.92 Å². The molecule has 0 bridgehead atoms. The second-order valence-corrected chi connectivity index (χ2v) is 4.81. The van der Waals surface area contributed by atoms with E-state index < -0.39 is 0 Å². The van der Waals surface area contributed by atoms with E-state index in [2.05, 4.69) is 22.4 Å². The number of aromatic nitrogens is 1. The summed E-state index contributed by atoms with van der Waals surface area (Å²) in [5.74, 6) is 0.258. The molecule has 92 valence electrons. The predicted molar refractivity (Wildman–Crippen MR) is 70.0 cm³/mol. The van der Waals surface area contributed by atoms with Crippen molar-refractivity contribution in [3.63, 3.8) is 0 Å². The number of aromatic amines is 1. The van der Waals surface area contributed by atoms with Gasteiger partial charge in [0.2, 0.25) is 5.91 Å². The minimum absolute atomic E-state index is 0.0985. The molecule has 0 fully saturated rings. The van der Waals surface area contributed by atoms with Crippen LogP contribution in [0.15, 0.2) is 42.7 Å². The SMILES string of the molecule is O=C(NCc1cc[nH]c1)C1Cc2ccccc2C1. The van der Waals surface area contributed by atoms with Gasteiger partial charge in [0.1, 0.15) is 0 Å². The maximum atomic E-state index is 12.1. The van der Waals surface area contributed by atoms with Gasteiger partial charge in [-0.3, -0.25) is 4.79 Å². The molecule has 3 rings (SSSR count). The van der Waals surface area contributed by atoms with Gasteiger partial charge in [0.05, 0.1) is 0 Å². The summed E-state index contributed by atoms with van der Waals surface area (Å²) in [7, 11) is 0. The van der Waals surface area contributed by atoms with Crippen molar-refractivity contribution in [1.29, 1.82) is 0 Å². The molecular weight excluding hydrogens is 224 g/mol. The van der Waals surface area contributed by atoms with Crippen molar-refractivity contribution in [3.8, 4) is 0 Å². The maximum Gasteiger partial charge on any atom is 0.224 e. The Morgan fingerprint density at radius 2 is 1.94 bits per heavy atom. The summed E-state index contributed by atoms with van der Waals surface area (Å²) in [6.45, 7) is 0.606. The Balaban J connectivity index is 1.59. The zero-order chi connectivity index (χ0) is 12.4. The van der Waals surface area contributed by atoms with E-state index >= 15 is 0 Å². The van der Waals surface area contributed by atoms with Gasteiger partial charge in [-0.05, 0) is 35.6 Å². The molecule has 0 spiro atoms. The first kappa shape index (κ1) is 11.1. The molecule has 0 aliphatic heterocycles. The second kappa shape index (κ2) is 4.69. The Kier molecular flexibility index (Phi) is 2.89. The molecule has 18 heavy (non-hydrogen) atoms. The molecule has 0 unspecified atom stereocenters. The fourth-order valence-corrected chi connectivity index (χ4v) is 2.55. The molecule has 1 aliphatic carbocycles. The number of hydrogen-bond donors (Lipinski definition) is 2. The molecule has 1 amide bonds. The Morgan fingerprint density at radius 3 is 2.56 bits per heavy atom. The normalized spacial score (nSPS) is 14.4. The van der Waals surface area contributed by atoms with Gasteiger partial charge in [-0.2, -0.15) is 0 Å². The molecule has 2 N–H and O–H groups in total. The van der Waals surface area contributed by atoms with Gasteiger partial charge < -0.3 is 10.3 Å². The van der Waals surface area contributed by atoms with Crippen molar-refractivity contribution in [3.05, 3.63) is 59.4 Å². The Hall–Kier alpha value is -2.03. The summed E-state index contributed by atoms with van der Waals surface area (Å²) in [4.78, 5) is 15.1. The molecule has 3 nitrogen and oxygen atoms in total. The van der Waals surface area contributed by atoms with E-state index in [1.54, 1.807) is 0 Å². The molecule has 0 saturated carbocycles. The Bertz CT molecular complexity index is 520. The summed E-state index contributed by atoms with van der Waals surface area (Å²) in [5.41, 5.74) is 3.75. The second-order valence-electron chi connectivity index (χ2n) is 4.81. The third-order valence-corrected chi connectivity index (χ3v) is 3.55. The van der Waals surface area contributed by atoms with Crippen molar-refractivity contribution in [2.24, 2.45) is 5.92 Å². The number of fused-ring (bicyclic) bond motifs is 1. The molecule has 1 aliphatic rings. The fraction of sp³-hybridized carbons (Fsp3) is 0.267. The first-order chi connectivity index (χ1) is 8.83. The third-order valence-electron chi connectivity index (χ3n) is 3.55. The van der Waals surface area contributed by atoms with Crippen molar-refractivity contribution in [2.45, 2.75) is 19.4 Å². The third kappa shape index (κ3) is 2.16. The monoisotopic (exact) mass is 240 g/mol. The minimum atomic E-state index is 0.0985. The number of hydrogen-bond acceptors (Lipinski definition) is 1.